The second kappa shape index (κ2) is 4.33. The molecule has 0 bridgehead atoms. The Kier molecular flexibility index (Phi) is 3.07. The molecule has 0 spiro atoms. The molecule has 0 saturated carbocycles. The van der Waals surface area contributed by atoms with E-state index in [0.717, 1.165) is 30.0 Å². The zero-order valence-electron chi connectivity index (χ0n) is 9.29. The molecule has 1 fully saturated rings. The molecule has 2 rings (SSSR count). The van der Waals surface area contributed by atoms with Crippen LogP contribution in [0.2, 0.25) is 0 Å². The van der Waals surface area contributed by atoms with Crippen molar-refractivity contribution in [1.29, 1.82) is 0 Å². The minimum Gasteiger partial charge on any atom is -0.387 e. The van der Waals surface area contributed by atoms with Gasteiger partial charge in [-0.2, -0.15) is 0 Å². The Hall–Kier alpha value is -0.870. The fraction of sp³-hybridized carbons (Fsp3) is 0.727. The zero-order valence-corrected chi connectivity index (χ0v) is 9.29. The minimum absolute atomic E-state index is 0.149. The number of piperidine rings is 1. The summed E-state index contributed by atoms with van der Waals surface area (Å²) in [7, 11) is 0. The van der Waals surface area contributed by atoms with E-state index < -0.39 is 6.10 Å². The SMILES string of the molecule is Cc1noc(C)c1C(O)C1CCCCN1. The van der Waals surface area contributed by atoms with Crippen molar-refractivity contribution in [3.63, 3.8) is 0 Å². The van der Waals surface area contributed by atoms with Gasteiger partial charge in [-0.05, 0) is 33.2 Å². The van der Waals surface area contributed by atoms with E-state index in [1.165, 1.54) is 12.8 Å². The number of aliphatic hydroxyl groups excluding tert-OH is 1. The normalized spacial score (nSPS) is 24.1. The summed E-state index contributed by atoms with van der Waals surface area (Å²) in [6.45, 7) is 4.71. The van der Waals surface area contributed by atoms with Crippen molar-refractivity contribution in [3.05, 3.63) is 17.0 Å². The van der Waals surface area contributed by atoms with Gasteiger partial charge in [-0.3, -0.25) is 0 Å². The molecule has 4 nitrogen and oxygen atoms in total. The van der Waals surface area contributed by atoms with Crippen LogP contribution in [-0.2, 0) is 0 Å². The molecule has 0 aromatic carbocycles. The van der Waals surface area contributed by atoms with E-state index in [0.29, 0.717) is 0 Å². The van der Waals surface area contributed by atoms with E-state index in [9.17, 15) is 5.11 Å². The number of aryl methyl sites for hydroxylation is 2. The van der Waals surface area contributed by atoms with Gasteiger partial charge in [0.25, 0.3) is 0 Å². The van der Waals surface area contributed by atoms with Crippen molar-refractivity contribution in [2.45, 2.75) is 45.3 Å². The highest BCUT2D eigenvalue weighted by atomic mass is 16.5. The maximum absolute atomic E-state index is 10.2. The third-order valence-corrected chi connectivity index (χ3v) is 3.11. The smallest absolute Gasteiger partial charge is 0.139 e. The van der Waals surface area contributed by atoms with Gasteiger partial charge in [-0.15, -0.1) is 0 Å². The second-order valence-corrected chi connectivity index (χ2v) is 4.24. The average molecular weight is 210 g/mol. The third-order valence-electron chi connectivity index (χ3n) is 3.11. The van der Waals surface area contributed by atoms with Crippen molar-refractivity contribution in [3.8, 4) is 0 Å². The Morgan fingerprint density at radius 2 is 2.27 bits per heavy atom. The van der Waals surface area contributed by atoms with Gasteiger partial charge in [-0.25, -0.2) is 0 Å². The van der Waals surface area contributed by atoms with E-state index >= 15 is 0 Å². The monoisotopic (exact) mass is 210 g/mol. The lowest BCUT2D eigenvalue weighted by atomic mass is 9.94. The molecule has 84 valence electrons. The minimum atomic E-state index is -0.489. The molecule has 2 atom stereocenters. The lowest BCUT2D eigenvalue weighted by Crippen LogP contribution is -2.39. The maximum atomic E-state index is 10.2. The van der Waals surface area contributed by atoms with Crippen LogP contribution < -0.4 is 5.32 Å². The first-order chi connectivity index (χ1) is 7.20. The first kappa shape index (κ1) is 10.6. The van der Waals surface area contributed by atoms with Gasteiger partial charge in [0.2, 0.25) is 0 Å². The molecule has 2 N–H and O–H groups in total. The van der Waals surface area contributed by atoms with Crippen LogP contribution in [0.15, 0.2) is 4.52 Å². The standard InChI is InChI=1S/C11H18N2O2/c1-7-10(8(2)15-13-7)11(14)9-5-3-4-6-12-9/h9,11-12,14H,3-6H2,1-2H3. The number of rotatable bonds is 2. The average Bonchev–Trinajstić information content (AvgIpc) is 2.59. The lowest BCUT2D eigenvalue weighted by Gasteiger charge is -2.27. The van der Waals surface area contributed by atoms with Crippen molar-refractivity contribution in [1.82, 2.24) is 10.5 Å². The highest BCUT2D eigenvalue weighted by Gasteiger charge is 2.27. The Balaban J connectivity index is 2.15. The van der Waals surface area contributed by atoms with Crippen LogP contribution in [0.5, 0.6) is 0 Å². The van der Waals surface area contributed by atoms with E-state index in [2.05, 4.69) is 10.5 Å². The molecule has 1 aliphatic rings. The Morgan fingerprint density at radius 3 is 2.80 bits per heavy atom. The zero-order chi connectivity index (χ0) is 10.8. The quantitative estimate of drug-likeness (QED) is 0.776. The summed E-state index contributed by atoms with van der Waals surface area (Å²) in [5, 5.41) is 17.4. The summed E-state index contributed by atoms with van der Waals surface area (Å²) < 4.78 is 5.07. The van der Waals surface area contributed by atoms with Crippen LogP contribution in [0.1, 0.15) is 42.4 Å². The molecule has 0 amide bonds. The molecule has 4 heteroatoms. The summed E-state index contributed by atoms with van der Waals surface area (Å²) in [5.74, 6) is 0.729. The molecule has 0 aliphatic carbocycles. The molecule has 1 aromatic rings. The first-order valence-electron chi connectivity index (χ1n) is 5.54. The van der Waals surface area contributed by atoms with Crippen molar-refractivity contribution >= 4 is 0 Å². The fourth-order valence-corrected chi connectivity index (χ4v) is 2.26. The summed E-state index contributed by atoms with van der Waals surface area (Å²) in [5.41, 5.74) is 1.65. The van der Waals surface area contributed by atoms with Gasteiger partial charge in [-0.1, -0.05) is 11.6 Å². The van der Waals surface area contributed by atoms with Crippen molar-refractivity contribution < 1.29 is 9.63 Å². The van der Waals surface area contributed by atoms with Gasteiger partial charge < -0.3 is 14.9 Å². The maximum Gasteiger partial charge on any atom is 0.139 e. The van der Waals surface area contributed by atoms with Gasteiger partial charge in [0.1, 0.15) is 5.76 Å². The van der Waals surface area contributed by atoms with Crippen molar-refractivity contribution in [2.75, 3.05) is 6.54 Å². The number of aromatic nitrogens is 1. The summed E-state index contributed by atoms with van der Waals surface area (Å²) in [4.78, 5) is 0. The molecule has 1 saturated heterocycles. The number of nitrogens with zero attached hydrogens (tertiary/aromatic N) is 1. The van der Waals surface area contributed by atoms with E-state index in [1.807, 2.05) is 13.8 Å². The highest BCUT2D eigenvalue weighted by molar-refractivity contribution is 5.25. The van der Waals surface area contributed by atoms with Crippen LogP contribution in [0.3, 0.4) is 0 Å². The molecule has 2 heterocycles. The van der Waals surface area contributed by atoms with Gasteiger partial charge in [0, 0.05) is 11.6 Å². The lowest BCUT2D eigenvalue weighted by molar-refractivity contribution is 0.112. The Morgan fingerprint density at radius 1 is 1.47 bits per heavy atom. The number of hydrogen-bond donors (Lipinski definition) is 2. The molecule has 2 unspecified atom stereocenters. The first-order valence-corrected chi connectivity index (χ1v) is 5.54. The molecule has 15 heavy (non-hydrogen) atoms. The third kappa shape index (κ3) is 2.06. The number of aliphatic hydroxyl groups is 1. The van der Waals surface area contributed by atoms with Crippen molar-refractivity contribution in [2.24, 2.45) is 0 Å². The van der Waals surface area contributed by atoms with Crippen LogP contribution in [-0.4, -0.2) is 22.8 Å². The van der Waals surface area contributed by atoms with Crippen LogP contribution in [0, 0.1) is 13.8 Å². The largest absolute Gasteiger partial charge is 0.387 e. The Bertz CT molecular complexity index is 310. The van der Waals surface area contributed by atoms with E-state index in [-0.39, 0.29) is 6.04 Å². The Labute approximate surface area is 89.7 Å². The molecule has 1 aromatic heterocycles. The number of nitrogens with one attached hydrogen (secondary N) is 1. The van der Waals surface area contributed by atoms with Gasteiger partial charge in [0.05, 0.1) is 11.8 Å². The predicted octanol–water partition coefficient (Wildman–Crippen LogP) is 1.47. The molecular formula is C11H18N2O2. The summed E-state index contributed by atoms with van der Waals surface area (Å²) in [6.07, 6.45) is 2.91. The van der Waals surface area contributed by atoms with E-state index in [4.69, 9.17) is 4.52 Å². The summed E-state index contributed by atoms with van der Waals surface area (Å²) in [6, 6.07) is 0.149. The van der Waals surface area contributed by atoms with Crippen LogP contribution in [0.4, 0.5) is 0 Å². The topological polar surface area (TPSA) is 58.3 Å². The summed E-state index contributed by atoms with van der Waals surface area (Å²) >= 11 is 0. The van der Waals surface area contributed by atoms with E-state index in [1.54, 1.807) is 0 Å². The second-order valence-electron chi connectivity index (χ2n) is 4.24. The highest BCUT2D eigenvalue weighted by Crippen LogP contribution is 2.27. The molecule has 0 radical (unpaired) electrons. The fourth-order valence-electron chi connectivity index (χ4n) is 2.26. The number of hydrogen-bond acceptors (Lipinski definition) is 4. The molecule has 1 aliphatic heterocycles. The van der Waals surface area contributed by atoms with Gasteiger partial charge in [0.15, 0.2) is 0 Å². The van der Waals surface area contributed by atoms with Gasteiger partial charge >= 0.3 is 0 Å². The molecular weight excluding hydrogens is 192 g/mol. The predicted molar refractivity (Wildman–Crippen MR) is 56.6 cm³/mol. The van der Waals surface area contributed by atoms with Crippen LogP contribution >= 0.6 is 0 Å². The van der Waals surface area contributed by atoms with Crippen LogP contribution in [0.25, 0.3) is 0 Å².